The molecule has 0 fully saturated rings. The van der Waals surface area contributed by atoms with Crippen LogP contribution >= 0.6 is 0 Å². The molecule has 0 saturated carbocycles. The van der Waals surface area contributed by atoms with Crippen molar-refractivity contribution in [1.82, 2.24) is 19.9 Å². The Hall–Kier alpha value is -3.94. The van der Waals surface area contributed by atoms with E-state index >= 15 is 0 Å². The van der Waals surface area contributed by atoms with Crippen molar-refractivity contribution in [2.75, 3.05) is 5.32 Å². The van der Waals surface area contributed by atoms with E-state index in [1.807, 2.05) is 38.2 Å². The van der Waals surface area contributed by atoms with Crippen LogP contribution in [0.1, 0.15) is 32.9 Å². The Morgan fingerprint density at radius 2 is 1.93 bits per heavy atom. The lowest BCUT2D eigenvalue weighted by atomic mass is 10.2. The molecule has 8 heteroatoms. The van der Waals surface area contributed by atoms with E-state index in [1.54, 1.807) is 41.3 Å². The first kappa shape index (κ1) is 19.4. The van der Waals surface area contributed by atoms with Gasteiger partial charge in [0, 0.05) is 24.7 Å². The highest BCUT2D eigenvalue weighted by Gasteiger charge is 2.16. The summed E-state index contributed by atoms with van der Waals surface area (Å²) in [7, 11) is 0. The number of pyridine rings is 1. The molecule has 152 valence electrons. The average molecular weight is 403 g/mol. The molecule has 0 aliphatic rings. The van der Waals surface area contributed by atoms with Crippen LogP contribution in [-0.4, -0.2) is 25.8 Å². The summed E-state index contributed by atoms with van der Waals surface area (Å²) < 4.78 is 12.8. The second-order valence-electron chi connectivity index (χ2n) is 6.80. The van der Waals surface area contributed by atoms with Gasteiger partial charge in [-0.3, -0.25) is 14.5 Å². The molecule has 3 aromatic heterocycles. The standard InChI is InChI=1S/C22H21N5O3/c1-15-19(16(2)30-26-15)14-29-20-6-4-3-5-18(20)22(28)24-21-9-12-27(25-21)13-17-7-10-23-11-8-17/h3-12H,13-14H2,1-2H3,(H,24,25,28). The lowest BCUT2D eigenvalue weighted by Crippen LogP contribution is -2.14. The van der Waals surface area contributed by atoms with Crippen molar-refractivity contribution in [1.29, 1.82) is 0 Å². The fourth-order valence-corrected chi connectivity index (χ4v) is 3.01. The summed E-state index contributed by atoms with van der Waals surface area (Å²) in [5.41, 5.74) is 3.14. The van der Waals surface area contributed by atoms with Gasteiger partial charge in [-0.25, -0.2) is 0 Å². The number of amides is 1. The maximum atomic E-state index is 12.8. The van der Waals surface area contributed by atoms with E-state index in [4.69, 9.17) is 9.26 Å². The number of rotatable bonds is 7. The molecule has 0 aliphatic heterocycles. The molecule has 0 atom stereocenters. The molecule has 8 nitrogen and oxygen atoms in total. The Labute approximate surface area is 173 Å². The Kier molecular flexibility index (Phi) is 5.56. The van der Waals surface area contributed by atoms with Crippen molar-refractivity contribution in [2.24, 2.45) is 0 Å². The van der Waals surface area contributed by atoms with E-state index in [-0.39, 0.29) is 12.5 Å². The van der Waals surface area contributed by atoms with Crippen molar-refractivity contribution in [3.63, 3.8) is 0 Å². The molecule has 4 aromatic rings. The van der Waals surface area contributed by atoms with E-state index in [2.05, 4.69) is 20.6 Å². The van der Waals surface area contributed by atoms with Crippen LogP contribution in [0.4, 0.5) is 5.82 Å². The van der Waals surface area contributed by atoms with E-state index < -0.39 is 0 Å². The normalized spacial score (nSPS) is 10.7. The molecule has 0 radical (unpaired) electrons. The van der Waals surface area contributed by atoms with Gasteiger partial charge in [-0.1, -0.05) is 17.3 Å². The molecular weight excluding hydrogens is 382 g/mol. The highest BCUT2D eigenvalue weighted by molar-refractivity contribution is 6.05. The van der Waals surface area contributed by atoms with Gasteiger partial charge < -0.3 is 14.6 Å². The van der Waals surface area contributed by atoms with Crippen LogP contribution in [0.2, 0.25) is 0 Å². The quantitative estimate of drug-likeness (QED) is 0.505. The van der Waals surface area contributed by atoms with Crippen molar-refractivity contribution < 1.29 is 14.1 Å². The number of benzene rings is 1. The average Bonchev–Trinajstić information content (AvgIpc) is 3.33. The number of hydrogen-bond donors (Lipinski definition) is 1. The smallest absolute Gasteiger partial charge is 0.260 e. The van der Waals surface area contributed by atoms with Gasteiger partial charge in [-0.05, 0) is 43.7 Å². The predicted molar refractivity (Wildman–Crippen MR) is 110 cm³/mol. The summed E-state index contributed by atoms with van der Waals surface area (Å²) in [5.74, 6) is 1.36. The fraction of sp³-hybridized carbons (Fsp3) is 0.182. The number of para-hydroxylation sites is 1. The molecule has 0 saturated heterocycles. The zero-order chi connectivity index (χ0) is 20.9. The molecule has 0 unspecified atom stereocenters. The topological polar surface area (TPSA) is 95.1 Å². The maximum absolute atomic E-state index is 12.8. The van der Waals surface area contributed by atoms with Crippen molar-refractivity contribution in [3.8, 4) is 5.75 Å². The Morgan fingerprint density at radius 1 is 1.13 bits per heavy atom. The minimum absolute atomic E-state index is 0.270. The molecule has 30 heavy (non-hydrogen) atoms. The SMILES string of the molecule is Cc1noc(C)c1COc1ccccc1C(=O)Nc1ccn(Cc2ccncc2)n1. The predicted octanol–water partition coefficient (Wildman–Crippen LogP) is 3.76. The van der Waals surface area contributed by atoms with Gasteiger partial charge in [0.15, 0.2) is 5.82 Å². The van der Waals surface area contributed by atoms with Gasteiger partial charge in [0.1, 0.15) is 18.1 Å². The second kappa shape index (κ2) is 8.60. The number of ether oxygens (including phenoxy) is 1. The van der Waals surface area contributed by atoms with Crippen LogP contribution in [-0.2, 0) is 13.2 Å². The zero-order valence-electron chi connectivity index (χ0n) is 16.7. The molecule has 4 rings (SSSR count). The Bertz CT molecular complexity index is 1130. The maximum Gasteiger partial charge on any atom is 0.260 e. The summed E-state index contributed by atoms with van der Waals surface area (Å²) in [4.78, 5) is 16.8. The van der Waals surface area contributed by atoms with Crippen LogP contribution in [0.15, 0.2) is 65.6 Å². The van der Waals surface area contributed by atoms with Gasteiger partial charge in [0.05, 0.1) is 23.4 Å². The monoisotopic (exact) mass is 403 g/mol. The lowest BCUT2D eigenvalue weighted by molar-refractivity contribution is 0.102. The van der Waals surface area contributed by atoms with E-state index in [9.17, 15) is 4.79 Å². The zero-order valence-corrected chi connectivity index (χ0v) is 16.7. The summed E-state index contributed by atoms with van der Waals surface area (Å²) in [5, 5.41) is 11.2. The van der Waals surface area contributed by atoms with Crippen LogP contribution < -0.4 is 10.1 Å². The van der Waals surface area contributed by atoms with E-state index in [1.165, 1.54) is 0 Å². The van der Waals surface area contributed by atoms with Crippen LogP contribution in [0.5, 0.6) is 5.75 Å². The summed E-state index contributed by atoms with van der Waals surface area (Å²) >= 11 is 0. The summed E-state index contributed by atoms with van der Waals surface area (Å²) in [6.07, 6.45) is 5.29. The first-order chi connectivity index (χ1) is 14.6. The molecule has 0 bridgehead atoms. The first-order valence-electron chi connectivity index (χ1n) is 9.47. The number of nitrogens with one attached hydrogen (secondary N) is 1. The fourth-order valence-electron chi connectivity index (χ4n) is 3.01. The molecule has 3 heterocycles. The van der Waals surface area contributed by atoms with Gasteiger partial charge in [0.25, 0.3) is 5.91 Å². The van der Waals surface area contributed by atoms with Crippen LogP contribution in [0, 0.1) is 13.8 Å². The molecule has 1 aromatic carbocycles. The number of aryl methyl sites for hydroxylation is 2. The molecule has 1 amide bonds. The van der Waals surface area contributed by atoms with Gasteiger partial charge in [-0.15, -0.1) is 0 Å². The number of carbonyl (C=O) groups is 1. The van der Waals surface area contributed by atoms with E-state index in [0.29, 0.717) is 29.4 Å². The molecule has 0 spiro atoms. The Balaban J connectivity index is 1.44. The van der Waals surface area contributed by atoms with Crippen molar-refractivity contribution in [2.45, 2.75) is 27.0 Å². The Morgan fingerprint density at radius 3 is 2.70 bits per heavy atom. The number of aromatic nitrogens is 4. The minimum atomic E-state index is -0.293. The molecule has 1 N–H and O–H groups in total. The third-order valence-corrected chi connectivity index (χ3v) is 4.66. The third kappa shape index (κ3) is 4.38. The van der Waals surface area contributed by atoms with Crippen LogP contribution in [0.25, 0.3) is 0 Å². The van der Waals surface area contributed by atoms with Gasteiger partial charge in [0.2, 0.25) is 0 Å². The number of anilines is 1. The third-order valence-electron chi connectivity index (χ3n) is 4.66. The lowest BCUT2D eigenvalue weighted by Gasteiger charge is -2.11. The van der Waals surface area contributed by atoms with Gasteiger partial charge in [-0.2, -0.15) is 5.10 Å². The summed E-state index contributed by atoms with van der Waals surface area (Å²) in [6.45, 7) is 4.55. The van der Waals surface area contributed by atoms with Gasteiger partial charge >= 0.3 is 0 Å². The highest BCUT2D eigenvalue weighted by atomic mass is 16.5. The van der Waals surface area contributed by atoms with E-state index in [0.717, 1.165) is 16.8 Å². The number of hydrogen-bond acceptors (Lipinski definition) is 6. The van der Waals surface area contributed by atoms with Crippen molar-refractivity contribution >= 4 is 11.7 Å². The highest BCUT2D eigenvalue weighted by Crippen LogP contribution is 2.22. The van der Waals surface area contributed by atoms with Crippen LogP contribution in [0.3, 0.4) is 0 Å². The molecular formula is C22H21N5O3. The second-order valence-corrected chi connectivity index (χ2v) is 6.80. The first-order valence-corrected chi connectivity index (χ1v) is 9.47. The largest absolute Gasteiger partial charge is 0.488 e. The number of carbonyl (C=O) groups excluding carboxylic acids is 1. The summed E-state index contributed by atoms with van der Waals surface area (Å²) in [6, 6.07) is 12.7. The minimum Gasteiger partial charge on any atom is -0.488 e. The number of nitrogens with zero attached hydrogens (tertiary/aromatic N) is 4. The molecule has 0 aliphatic carbocycles. The van der Waals surface area contributed by atoms with Crippen molar-refractivity contribution in [3.05, 3.63) is 89.2 Å².